The molecule has 1 atom stereocenters. The Bertz CT molecular complexity index is 252. The summed E-state index contributed by atoms with van der Waals surface area (Å²) in [7, 11) is -2.83. The van der Waals surface area contributed by atoms with Gasteiger partial charge in [0, 0.05) is 19.8 Å². The van der Waals surface area contributed by atoms with E-state index in [9.17, 15) is 9.36 Å². The van der Waals surface area contributed by atoms with Gasteiger partial charge in [-0.2, -0.15) is 0 Å². The fourth-order valence-corrected chi connectivity index (χ4v) is 1.19. The molecule has 88 valence electrons. The number of hydrogen-bond donors (Lipinski definition) is 1. The molecule has 0 rings (SSSR count). The van der Waals surface area contributed by atoms with Crippen molar-refractivity contribution in [2.45, 2.75) is 6.42 Å². The van der Waals surface area contributed by atoms with Gasteiger partial charge in [-0.25, -0.2) is 9.36 Å². The van der Waals surface area contributed by atoms with Crippen molar-refractivity contribution in [3.8, 4) is 0 Å². The van der Waals surface area contributed by atoms with Crippen LogP contribution in [0, 0.1) is 0 Å². The summed E-state index contributed by atoms with van der Waals surface area (Å²) in [5, 5.41) is 8.44. The van der Waals surface area contributed by atoms with Crippen LogP contribution >= 0.6 is 7.82 Å². The Balaban J connectivity index is 4.01. The van der Waals surface area contributed by atoms with E-state index < -0.39 is 13.8 Å². The van der Waals surface area contributed by atoms with Crippen LogP contribution in [-0.2, 0) is 28.0 Å². The average molecular weight is 240 g/mol. The quantitative estimate of drug-likeness (QED) is 0.220. The Morgan fingerprint density at radius 2 is 2.27 bits per heavy atom. The summed E-state index contributed by atoms with van der Waals surface area (Å²) in [5.41, 5.74) is 0. The Labute approximate surface area is 87.1 Å². The first-order valence-corrected chi connectivity index (χ1v) is 5.48. The van der Waals surface area contributed by atoms with Crippen molar-refractivity contribution in [3.05, 3.63) is 12.7 Å². The SMILES string of the molecule is C=CC(=O)OOP(=O)(OC)OCCCO. The molecular weight excluding hydrogens is 227 g/mol. The maximum atomic E-state index is 11.4. The lowest BCUT2D eigenvalue weighted by Crippen LogP contribution is -2.05. The van der Waals surface area contributed by atoms with Gasteiger partial charge in [0.2, 0.25) is 0 Å². The lowest BCUT2D eigenvalue weighted by atomic mass is 10.5. The summed E-state index contributed by atoms with van der Waals surface area (Å²) in [6, 6.07) is 0. The second kappa shape index (κ2) is 7.56. The van der Waals surface area contributed by atoms with E-state index in [1.807, 2.05) is 0 Å². The van der Waals surface area contributed by atoms with E-state index in [1.165, 1.54) is 0 Å². The minimum atomic E-state index is -3.90. The summed E-state index contributed by atoms with van der Waals surface area (Å²) in [6.45, 7) is 2.93. The highest BCUT2D eigenvalue weighted by Crippen LogP contribution is 2.48. The van der Waals surface area contributed by atoms with Gasteiger partial charge in [0.1, 0.15) is 0 Å². The molecule has 0 heterocycles. The molecule has 15 heavy (non-hydrogen) atoms. The van der Waals surface area contributed by atoms with Crippen molar-refractivity contribution in [3.63, 3.8) is 0 Å². The van der Waals surface area contributed by atoms with E-state index >= 15 is 0 Å². The summed E-state index contributed by atoms with van der Waals surface area (Å²) in [4.78, 5) is 14.6. The number of phosphoric ester groups is 1. The standard InChI is InChI=1S/C7H13O7P/c1-3-7(9)13-14-15(10,11-2)12-6-4-5-8/h3,8H,1,4-6H2,2H3. The molecule has 8 heteroatoms. The molecule has 0 saturated carbocycles. The van der Waals surface area contributed by atoms with Crippen molar-refractivity contribution in [2.75, 3.05) is 20.3 Å². The van der Waals surface area contributed by atoms with Crippen molar-refractivity contribution in [2.24, 2.45) is 0 Å². The molecule has 1 unspecified atom stereocenters. The molecule has 0 spiro atoms. The molecule has 0 amide bonds. The van der Waals surface area contributed by atoms with Crippen LogP contribution in [-0.4, -0.2) is 31.4 Å². The molecule has 0 aliphatic carbocycles. The van der Waals surface area contributed by atoms with E-state index in [1.54, 1.807) is 0 Å². The van der Waals surface area contributed by atoms with Crippen LogP contribution in [0.4, 0.5) is 0 Å². The fraction of sp³-hybridized carbons (Fsp3) is 0.571. The van der Waals surface area contributed by atoms with Crippen LogP contribution in [0.5, 0.6) is 0 Å². The van der Waals surface area contributed by atoms with Crippen LogP contribution in [0.25, 0.3) is 0 Å². The van der Waals surface area contributed by atoms with Crippen LogP contribution in [0.15, 0.2) is 12.7 Å². The second-order valence-corrected chi connectivity index (χ2v) is 3.89. The first-order valence-electron chi connectivity index (χ1n) is 4.02. The van der Waals surface area contributed by atoms with Crippen molar-refractivity contribution in [1.29, 1.82) is 0 Å². The highest BCUT2D eigenvalue weighted by molar-refractivity contribution is 7.48. The predicted octanol–water partition coefficient (Wildman–Crippen LogP) is 0.801. The summed E-state index contributed by atoms with van der Waals surface area (Å²) in [5.74, 6) is -0.918. The van der Waals surface area contributed by atoms with E-state index in [4.69, 9.17) is 5.11 Å². The molecule has 0 saturated heterocycles. The molecule has 0 aliphatic heterocycles. The zero-order valence-electron chi connectivity index (χ0n) is 8.25. The van der Waals surface area contributed by atoms with Gasteiger partial charge in [-0.3, -0.25) is 13.9 Å². The highest BCUT2D eigenvalue weighted by Gasteiger charge is 2.27. The Kier molecular flexibility index (Phi) is 7.19. The molecule has 0 aliphatic rings. The van der Waals surface area contributed by atoms with E-state index in [0.717, 1.165) is 13.2 Å². The normalized spacial score (nSPS) is 14.3. The Morgan fingerprint density at radius 1 is 1.60 bits per heavy atom. The third-order valence-electron chi connectivity index (χ3n) is 1.15. The fourth-order valence-electron chi connectivity index (χ4n) is 0.462. The first kappa shape index (κ1) is 14.3. The molecular formula is C7H13O7P. The summed E-state index contributed by atoms with van der Waals surface area (Å²) >= 11 is 0. The van der Waals surface area contributed by atoms with Crippen LogP contribution in [0.2, 0.25) is 0 Å². The van der Waals surface area contributed by atoms with E-state index in [2.05, 4.69) is 25.2 Å². The maximum absolute atomic E-state index is 11.4. The minimum Gasteiger partial charge on any atom is -0.396 e. The minimum absolute atomic E-state index is 0.0484. The van der Waals surface area contributed by atoms with Gasteiger partial charge < -0.3 is 5.11 Å². The molecule has 7 nitrogen and oxygen atoms in total. The zero-order valence-corrected chi connectivity index (χ0v) is 9.14. The van der Waals surface area contributed by atoms with Gasteiger partial charge in [0.05, 0.1) is 6.61 Å². The Hall–Kier alpha value is -0.720. The molecule has 0 aromatic rings. The number of aliphatic hydroxyl groups is 1. The van der Waals surface area contributed by atoms with Gasteiger partial charge in [0.15, 0.2) is 0 Å². The molecule has 0 aromatic carbocycles. The number of aliphatic hydroxyl groups excluding tert-OH is 1. The zero-order chi connectivity index (χ0) is 11.7. The lowest BCUT2D eigenvalue weighted by Gasteiger charge is -2.12. The van der Waals surface area contributed by atoms with Gasteiger partial charge >= 0.3 is 13.8 Å². The first-order chi connectivity index (χ1) is 7.08. The van der Waals surface area contributed by atoms with E-state index in [0.29, 0.717) is 0 Å². The van der Waals surface area contributed by atoms with Crippen LogP contribution in [0.3, 0.4) is 0 Å². The molecule has 0 bridgehead atoms. The third kappa shape index (κ3) is 6.38. The number of phosphoric acid groups is 1. The number of carbonyl (C=O) groups excluding carboxylic acids is 1. The molecule has 0 fully saturated rings. The Morgan fingerprint density at radius 3 is 2.73 bits per heavy atom. The molecule has 1 N–H and O–H groups in total. The third-order valence-corrected chi connectivity index (χ3v) is 2.36. The van der Waals surface area contributed by atoms with Gasteiger partial charge in [0.25, 0.3) is 0 Å². The maximum Gasteiger partial charge on any atom is 0.510 e. The molecule has 0 aromatic heterocycles. The van der Waals surface area contributed by atoms with Crippen molar-refractivity contribution >= 4 is 13.8 Å². The summed E-state index contributed by atoms with van der Waals surface area (Å²) in [6.07, 6.45) is 1.08. The van der Waals surface area contributed by atoms with E-state index in [-0.39, 0.29) is 19.6 Å². The van der Waals surface area contributed by atoms with Gasteiger partial charge in [-0.05, 0) is 6.42 Å². The number of carbonyl (C=O) groups is 1. The lowest BCUT2D eigenvalue weighted by molar-refractivity contribution is -0.218. The number of rotatable bonds is 8. The van der Waals surface area contributed by atoms with Crippen molar-refractivity contribution in [1.82, 2.24) is 0 Å². The second-order valence-electron chi connectivity index (χ2n) is 2.22. The van der Waals surface area contributed by atoms with Crippen LogP contribution in [0.1, 0.15) is 6.42 Å². The smallest absolute Gasteiger partial charge is 0.396 e. The predicted molar refractivity (Wildman–Crippen MR) is 49.6 cm³/mol. The number of hydrogen-bond acceptors (Lipinski definition) is 7. The van der Waals surface area contributed by atoms with Crippen LogP contribution < -0.4 is 0 Å². The topological polar surface area (TPSA) is 91.3 Å². The highest BCUT2D eigenvalue weighted by atomic mass is 31.2. The van der Waals surface area contributed by atoms with Gasteiger partial charge in [-0.15, -0.1) is 0 Å². The van der Waals surface area contributed by atoms with Gasteiger partial charge in [-0.1, -0.05) is 11.3 Å². The largest absolute Gasteiger partial charge is 0.510 e. The average Bonchev–Trinajstić information content (AvgIpc) is 2.26. The summed E-state index contributed by atoms with van der Waals surface area (Å²) < 4.78 is 24.7. The molecule has 0 radical (unpaired) electrons. The van der Waals surface area contributed by atoms with Crippen molar-refractivity contribution < 1.29 is 33.1 Å². The monoisotopic (exact) mass is 240 g/mol.